The van der Waals surface area contributed by atoms with Crippen LogP contribution in [-0.4, -0.2) is 42.3 Å². The van der Waals surface area contributed by atoms with Crippen molar-refractivity contribution in [2.75, 3.05) is 18.1 Å². The Bertz CT molecular complexity index is 915. The third-order valence-electron chi connectivity index (χ3n) is 4.16. The summed E-state index contributed by atoms with van der Waals surface area (Å²) in [6.45, 7) is 2.32. The number of hydrogen-bond acceptors (Lipinski definition) is 5. The van der Waals surface area contributed by atoms with Gasteiger partial charge in [-0.25, -0.2) is 17.6 Å². The average molecular weight is 364 g/mol. The molecule has 0 radical (unpaired) electrons. The lowest BCUT2D eigenvalue weighted by Gasteiger charge is -2.35. The fourth-order valence-electron chi connectivity index (χ4n) is 2.83. The maximum atomic E-state index is 13.5. The molecule has 1 aliphatic heterocycles. The Labute approximate surface area is 144 Å². The molecule has 1 N–H and O–H groups in total. The molecule has 25 heavy (non-hydrogen) atoms. The van der Waals surface area contributed by atoms with E-state index in [9.17, 15) is 17.6 Å². The zero-order valence-corrected chi connectivity index (χ0v) is 14.5. The summed E-state index contributed by atoms with van der Waals surface area (Å²) >= 11 is 0. The Morgan fingerprint density at radius 1 is 1.28 bits per heavy atom. The van der Waals surface area contributed by atoms with Gasteiger partial charge in [-0.05, 0) is 48.7 Å². The highest BCUT2D eigenvalue weighted by atomic mass is 32.2. The molecule has 132 valence electrons. The molecule has 0 fully saturated rings. The molecule has 1 unspecified atom stereocenters. The molecule has 0 saturated carbocycles. The number of urea groups is 1. The number of nitrogens with zero attached hydrogens (tertiary/aromatic N) is 3. The number of sulfone groups is 1. The third kappa shape index (κ3) is 3.60. The van der Waals surface area contributed by atoms with Gasteiger partial charge < -0.3 is 4.90 Å². The number of fused-ring (bicyclic) bond motifs is 1. The molecule has 0 saturated heterocycles. The second-order valence-corrected chi connectivity index (χ2v) is 7.88. The van der Waals surface area contributed by atoms with E-state index in [1.54, 1.807) is 11.0 Å². The van der Waals surface area contributed by atoms with Crippen LogP contribution in [0.5, 0.6) is 0 Å². The molecule has 0 aliphatic carbocycles. The summed E-state index contributed by atoms with van der Waals surface area (Å²) in [6, 6.07) is 6.57. The first-order valence-electron chi connectivity index (χ1n) is 7.65. The fourth-order valence-corrected chi connectivity index (χ4v) is 3.33. The Morgan fingerprint density at radius 3 is 2.68 bits per heavy atom. The van der Waals surface area contributed by atoms with Gasteiger partial charge in [0.2, 0.25) is 0 Å². The van der Waals surface area contributed by atoms with Crippen molar-refractivity contribution < 1.29 is 17.6 Å². The van der Waals surface area contributed by atoms with Gasteiger partial charge >= 0.3 is 6.03 Å². The van der Waals surface area contributed by atoms with Crippen molar-refractivity contribution >= 4 is 21.7 Å². The maximum absolute atomic E-state index is 13.5. The number of aromatic nitrogens is 2. The largest absolute Gasteiger partial charge is 0.323 e. The number of carbonyl (C=O) groups excluding carboxylic acids is 1. The molecule has 0 bridgehead atoms. The van der Waals surface area contributed by atoms with Crippen LogP contribution >= 0.6 is 0 Å². The zero-order valence-electron chi connectivity index (χ0n) is 13.7. The third-order valence-corrected chi connectivity index (χ3v) is 5.14. The summed E-state index contributed by atoms with van der Waals surface area (Å²) < 4.78 is 36.2. The van der Waals surface area contributed by atoms with E-state index in [0.717, 1.165) is 17.4 Å². The van der Waals surface area contributed by atoms with Crippen LogP contribution in [0.2, 0.25) is 0 Å². The molecular formula is C16H17FN4O3S. The minimum atomic E-state index is -3.45. The van der Waals surface area contributed by atoms with Crippen LogP contribution in [0.15, 0.2) is 35.4 Å². The number of amides is 2. The number of halogens is 1. The lowest BCUT2D eigenvalue weighted by Crippen LogP contribution is -2.41. The van der Waals surface area contributed by atoms with Gasteiger partial charge in [0.25, 0.3) is 0 Å². The van der Waals surface area contributed by atoms with Crippen LogP contribution in [0.25, 0.3) is 0 Å². The Morgan fingerprint density at radius 2 is 2.04 bits per heavy atom. The highest BCUT2D eigenvalue weighted by Gasteiger charge is 2.28. The van der Waals surface area contributed by atoms with Gasteiger partial charge in [0.05, 0.1) is 6.04 Å². The normalized spacial score (nSPS) is 17.1. The summed E-state index contributed by atoms with van der Waals surface area (Å²) in [5, 5.41) is 9.74. The topological polar surface area (TPSA) is 92.3 Å². The minimum Gasteiger partial charge on any atom is -0.317 e. The first-order valence-corrected chi connectivity index (χ1v) is 9.54. The first-order chi connectivity index (χ1) is 11.8. The van der Waals surface area contributed by atoms with E-state index < -0.39 is 15.9 Å². The number of benzene rings is 1. The average Bonchev–Trinajstić information content (AvgIpc) is 2.55. The van der Waals surface area contributed by atoms with E-state index in [0.29, 0.717) is 13.0 Å². The number of hydrogen-bond donors (Lipinski definition) is 1. The van der Waals surface area contributed by atoms with Gasteiger partial charge in [0.1, 0.15) is 5.82 Å². The molecule has 7 nitrogen and oxygen atoms in total. The van der Waals surface area contributed by atoms with Crippen LogP contribution in [0, 0.1) is 5.82 Å². The van der Waals surface area contributed by atoms with E-state index in [-0.39, 0.29) is 22.7 Å². The maximum Gasteiger partial charge on any atom is 0.323 e. The molecule has 0 spiro atoms. The van der Waals surface area contributed by atoms with E-state index in [1.807, 2.05) is 6.92 Å². The molecule has 1 aromatic carbocycles. The lowest BCUT2D eigenvalue weighted by atomic mass is 9.94. The molecule has 1 aliphatic rings. The molecule has 2 aromatic rings. The molecule has 9 heteroatoms. The van der Waals surface area contributed by atoms with Crippen LogP contribution in [0.4, 0.5) is 15.0 Å². The predicted octanol–water partition coefficient (Wildman–Crippen LogP) is 2.17. The number of carbonyl (C=O) groups is 1. The van der Waals surface area contributed by atoms with Gasteiger partial charge in [-0.1, -0.05) is 6.07 Å². The van der Waals surface area contributed by atoms with Gasteiger partial charge in [-0.3, -0.25) is 5.32 Å². The number of anilines is 1. The molecule has 1 atom stereocenters. The Hall–Kier alpha value is -2.55. The van der Waals surface area contributed by atoms with Crippen molar-refractivity contribution in [3.05, 3.63) is 47.3 Å². The monoisotopic (exact) mass is 364 g/mol. The summed E-state index contributed by atoms with van der Waals surface area (Å²) in [7, 11) is -3.45. The van der Waals surface area contributed by atoms with Crippen molar-refractivity contribution in [1.82, 2.24) is 15.1 Å². The van der Waals surface area contributed by atoms with E-state index in [2.05, 4.69) is 15.5 Å². The second-order valence-electron chi connectivity index (χ2n) is 5.92. The summed E-state index contributed by atoms with van der Waals surface area (Å²) in [6.07, 6.45) is 1.66. The van der Waals surface area contributed by atoms with Crippen LogP contribution in [0.3, 0.4) is 0 Å². The quantitative estimate of drug-likeness (QED) is 0.882. The Balaban J connectivity index is 1.76. The standard InChI is InChI=1S/C16H17FN4O3S/c1-10-13-9-12(17)4-3-11(13)7-8-21(10)16(22)18-14-5-6-15(20-19-14)25(2,23)24/h3-6,9-10H,7-8H2,1-2H3,(H,18,19,22). The lowest BCUT2D eigenvalue weighted by molar-refractivity contribution is 0.188. The van der Waals surface area contributed by atoms with Gasteiger partial charge in [0, 0.05) is 12.8 Å². The van der Waals surface area contributed by atoms with Gasteiger partial charge in [-0.2, -0.15) is 0 Å². The van der Waals surface area contributed by atoms with Crippen molar-refractivity contribution in [1.29, 1.82) is 0 Å². The molecule has 2 amide bonds. The van der Waals surface area contributed by atoms with Gasteiger partial charge in [0.15, 0.2) is 20.7 Å². The highest BCUT2D eigenvalue weighted by Crippen LogP contribution is 2.30. The van der Waals surface area contributed by atoms with Crippen LogP contribution < -0.4 is 5.32 Å². The highest BCUT2D eigenvalue weighted by molar-refractivity contribution is 7.90. The van der Waals surface area contributed by atoms with Gasteiger partial charge in [-0.15, -0.1) is 10.2 Å². The zero-order chi connectivity index (χ0) is 18.2. The Kier molecular flexibility index (Phi) is 4.42. The van der Waals surface area contributed by atoms with E-state index in [1.165, 1.54) is 24.3 Å². The smallest absolute Gasteiger partial charge is 0.317 e. The number of rotatable bonds is 2. The van der Waals surface area contributed by atoms with Crippen molar-refractivity contribution in [3.8, 4) is 0 Å². The predicted molar refractivity (Wildman–Crippen MR) is 89.4 cm³/mol. The molecule has 1 aromatic heterocycles. The van der Waals surface area contributed by atoms with Crippen molar-refractivity contribution in [2.24, 2.45) is 0 Å². The second kappa shape index (κ2) is 6.40. The SMILES string of the molecule is CC1c2cc(F)ccc2CCN1C(=O)Nc1ccc(S(C)(=O)=O)nn1. The fraction of sp³-hybridized carbons (Fsp3) is 0.312. The number of nitrogens with one attached hydrogen (secondary N) is 1. The van der Waals surface area contributed by atoms with E-state index in [4.69, 9.17) is 0 Å². The van der Waals surface area contributed by atoms with E-state index >= 15 is 0 Å². The van der Waals surface area contributed by atoms with Crippen LogP contribution in [-0.2, 0) is 16.3 Å². The van der Waals surface area contributed by atoms with Crippen LogP contribution in [0.1, 0.15) is 24.1 Å². The van der Waals surface area contributed by atoms with Crippen molar-refractivity contribution in [3.63, 3.8) is 0 Å². The van der Waals surface area contributed by atoms with Crippen molar-refractivity contribution in [2.45, 2.75) is 24.4 Å². The molecule has 3 rings (SSSR count). The summed E-state index contributed by atoms with van der Waals surface area (Å²) in [5.74, 6) is -0.190. The first kappa shape index (κ1) is 17.3. The summed E-state index contributed by atoms with van der Waals surface area (Å²) in [5.41, 5.74) is 1.80. The molecule has 2 heterocycles. The molecular weight excluding hydrogens is 347 g/mol. The summed E-state index contributed by atoms with van der Waals surface area (Å²) in [4.78, 5) is 14.1. The minimum absolute atomic E-state index is 0.148.